The summed E-state index contributed by atoms with van der Waals surface area (Å²) < 4.78 is 0. The number of nitrogens with zero attached hydrogens (tertiary/aromatic N) is 3. The summed E-state index contributed by atoms with van der Waals surface area (Å²) in [5, 5.41) is 26.2. The lowest BCUT2D eigenvalue weighted by atomic mass is 10.0. The Labute approximate surface area is 167 Å². The van der Waals surface area contributed by atoms with E-state index in [9.17, 15) is 24.6 Å². The lowest BCUT2D eigenvalue weighted by molar-refractivity contribution is -0.150. The monoisotopic (exact) mass is 427 g/mol. The lowest BCUT2D eigenvalue weighted by Crippen LogP contribution is -2.71. The first kappa shape index (κ1) is 20.1. The number of hydrogen-bond donors (Lipinski definition) is 4. The number of nitrogen functional groups attached to an aromatic ring is 1. The SMILES string of the molecule is CCO/N=C(\C(=O)N[C@@H]1C(=O)N2C(C(=O)O)=C(CO)CS[C@H]12)c1csc(N)n1. The highest BCUT2D eigenvalue weighted by molar-refractivity contribution is 8.00. The summed E-state index contributed by atoms with van der Waals surface area (Å²) in [6.45, 7) is 1.46. The number of aliphatic carboxylic acids is 1. The molecule has 5 N–H and O–H groups in total. The molecule has 1 aromatic rings. The van der Waals surface area contributed by atoms with E-state index in [1.807, 2.05) is 0 Å². The van der Waals surface area contributed by atoms with E-state index in [0.29, 0.717) is 0 Å². The number of carbonyl (C=O) groups excluding carboxylic acids is 2. The molecule has 13 heteroatoms. The van der Waals surface area contributed by atoms with Crippen molar-refractivity contribution in [3.63, 3.8) is 0 Å². The third kappa shape index (κ3) is 3.55. The summed E-state index contributed by atoms with van der Waals surface area (Å²) in [7, 11) is 0. The van der Waals surface area contributed by atoms with Gasteiger partial charge in [-0.15, -0.1) is 23.1 Å². The number of anilines is 1. The molecule has 28 heavy (non-hydrogen) atoms. The van der Waals surface area contributed by atoms with E-state index in [1.54, 1.807) is 6.92 Å². The van der Waals surface area contributed by atoms with Crippen molar-refractivity contribution >= 4 is 51.7 Å². The molecule has 3 heterocycles. The zero-order valence-electron chi connectivity index (χ0n) is 14.6. The van der Waals surface area contributed by atoms with Crippen LogP contribution in [-0.2, 0) is 19.2 Å². The number of thiazole rings is 1. The molecule has 2 aliphatic heterocycles. The first-order chi connectivity index (χ1) is 13.4. The van der Waals surface area contributed by atoms with Crippen molar-refractivity contribution in [2.75, 3.05) is 24.7 Å². The van der Waals surface area contributed by atoms with Crippen molar-refractivity contribution in [3.8, 4) is 0 Å². The third-order valence-electron chi connectivity index (χ3n) is 3.99. The molecule has 2 amide bonds. The maximum atomic E-state index is 12.7. The van der Waals surface area contributed by atoms with Crippen LogP contribution in [-0.4, -0.2) is 74.0 Å². The molecule has 1 fully saturated rings. The van der Waals surface area contributed by atoms with Crippen LogP contribution in [0.4, 0.5) is 5.13 Å². The number of oxime groups is 1. The molecule has 2 aliphatic rings. The minimum absolute atomic E-state index is 0.132. The number of aliphatic hydroxyl groups is 1. The van der Waals surface area contributed by atoms with Gasteiger partial charge in [-0.05, 0) is 12.5 Å². The van der Waals surface area contributed by atoms with Gasteiger partial charge in [-0.1, -0.05) is 5.16 Å². The molecule has 0 aromatic carbocycles. The molecule has 0 saturated carbocycles. The number of aromatic nitrogens is 1. The van der Waals surface area contributed by atoms with Crippen molar-refractivity contribution in [1.29, 1.82) is 0 Å². The fourth-order valence-electron chi connectivity index (χ4n) is 2.74. The Morgan fingerprint density at radius 1 is 1.54 bits per heavy atom. The number of carbonyl (C=O) groups is 3. The van der Waals surface area contributed by atoms with Gasteiger partial charge in [0.15, 0.2) is 10.8 Å². The van der Waals surface area contributed by atoms with Crippen LogP contribution in [0.15, 0.2) is 21.8 Å². The normalized spacial score (nSPS) is 21.9. The Hall–Kier alpha value is -2.64. The van der Waals surface area contributed by atoms with E-state index in [2.05, 4.69) is 15.5 Å². The quantitative estimate of drug-likeness (QED) is 0.247. The van der Waals surface area contributed by atoms with Crippen LogP contribution in [0.3, 0.4) is 0 Å². The first-order valence-electron chi connectivity index (χ1n) is 8.12. The van der Waals surface area contributed by atoms with Crippen molar-refractivity contribution in [2.45, 2.75) is 18.3 Å². The Balaban J connectivity index is 1.79. The zero-order chi connectivity index (χ0) is 20.4. The number of β-lactam (4-membered cyclic amide) rings is 1. The van der Waals surface area contributed by atoms with Gasteiger partial charge in [-0.3, -0.25) is 14.5 Å². The van der Waals surface area contributed by atoms with Gasteiger partial charge in [-0.2, -0.15) is 0 Å². The topological polar surface area (TPSA) is 167 Å². The second-order valence-corrected chi connectivity index (χ2v) is 7.70. The molecule has 1 saturated heterocycles. The predicted molar refractivity (Wildman–Crippen MR) is 101 cm³/mol. The van der Waals surface area contributed by atoms with Crippen molar-refractivity contribution in [1.82, 2.24) is 15.2 Å². The number of aliphatic hydroxyl groups excluding tert-OH is 1. The fraction of sp³-hybridized carbons (Fsp3) is 0.400. The lowest BCUT2D eigenvalue weighted by Gasteiger charge is -2.49. The van der Waals surface area contributed by atoms with Crippen molar-refractivity contribution in [2.24, 2.45) is 5.16 Å². The van der Waals surface area contributed by atoms with Crippen LogP contribution in [0.1, 0.15) is 12.6 Å². The van der Waals surface area contributed by atoms with E-state index in [4.69, 9.17) is 10.6 Å². The van der Waals surface area contributed by atoms with E-state index in [-0.39, 0.29) is 40.2 Å². The van der Waals surface area contributed by atoms with Gasteiger partial charge in [0.2, 0.25) is 0 Å². The number of carboxylic acid groups (broad SMARTS) is 1. The standard InChI is InChI=1S/C15H17N5O6S2/c1-2-26-19-8(7-5-28-15(16)17-7)11(22)18-9-12(23)20-10(14(24)25)6(3-21)4-27-13(9)20/h5,9,13,21H,2-4H2,1H3,(H2,16,17)(H,18,22)(H,24,25)/b19-8-/t9-,13-/m1/s1. The van der Waals surface area contributed by atoms with E-state index < -0.39 is 35.8 Å². The number of nitrogens with one attached hydrogen (secondary N) is 1. The van der Waals surface area contributed by atoms with E-state index >= 15 is 0 Å². The molecule has 3 rings (SSSR count). The van der Waals surface area contributed by atoms with Gasteiger partial charge in [0, 0.05) is 11.1 Å². The van der Waals surface area contributed by atoms with Crippen molar-refractivity contribution < 1.29 is 29.4 Å². The molecule has 0 unspecified atom stereocenters. The molecule has 0 radical (unpaired) electrons. The summed E-state index contributed by atoms with van der Waals surface area (Å²) in [6, 6.07) is -0.935. The van der Waals surface area contributed by atoms with Gasteiger partial charge in [0.05, 0.1) is 6.61 Å². The molecule has 11 nitrogen and oxygen atoms in total. The highest BCUT2D eigenvalue weighted by atomic mass is 32.2. The van der Waals surface area contributed by atoms with Crippen LogP contribution in [0.25, 0.3) is 0 Å². The predicted octanol–water partition coefficient (Wildman–Crippen LogP) is -0.803. The number of thioether (sulfide) groups is 1. The second-order valence-electron chi connectivity index (χ2n) is 5.71. The van der Waals surface area contributed by atoms with Gasteiger partial charge in [-0.25, -0.2) is 9.78 Å². The van der Waals surface area contributed by atoms with Crippen LogP contribution in [0, 0.1) is 0 Å². The highest BCUT2D eigenvalue weighted by Crippen LogP contribution is 2.40. The minimum atomic E-state index is -1.30. The molecular weight excluding hydrogens is 410 g/mol. The molecular formula is C15H17N5O6S2. The Morgan fingerprint density at radius 3 is 2.86 bits per heavy atom. The summed E-state index contributed by atoms with van der Waals surface area (Å²) >= 11 is 2.38. The summed E-state index contributed by atoms with van der Waals surface area (Å²) in [5.41, 5.74) is 5.69. The largest absolute Gasteiger partial charge is 0.477 e. The van der Waals surface area contributed by atoms with Gasteiger partial charge in [0.25, 0.3) is 11.8 Å². The first-order valence-corrected chi connectivity index (χ1v) is 10.0. The minimum Gasteiger partial charge on any atom is -0.477 e. The molecule has 0 bridgehead atoms. The number of rotatable bonds is 7. The number of amides is 2. The molecule has 150 valence electrons. The van der Waals surface area contributed by atoms with Gasteiger partial charge in [0.1, 0.15) is 29.4 Å². The van der Waals surface area contributed by atoms with Crippen molar-refractivity contribution in [3.05, 3.63) is 22.3 Å². The molecule has 0 aliphatic carbocycles. The van der Waals surface area contributed by atoms with E-state index in [1.165, 1.54) is 17.1 Å². The fourth-order valence-corrected chi connectivity index (χ4v) is 4.63. The maximum absolute atomic E-state index is 12.7. The summed E-state index contributed by atoms with van der Waals surface area (Å²) in [5.74, 6) is -2.33. The number of carboxylic acids is 1. The van der Waals surface area contributed by atoms with Crippen LogP contribution in [0.2, 0.25) is 0 Å². The number of hydrogen-bond acceptors (Lipinski definition) is 10. The number of nitrogens with two attached hydrogens (primary N) is 1. The molecule has 0 spiro atoms. The summed E-state index contributed by atoms with van der Waals surface area (Å²) in [4.78, 5) is 46.7. The van der Waals surface area contributed by atoms with Crippen LogP contribution in [0.5, 0.6) is 0 Å². The third-order valence-corrected chi connectivity index (χ3v) is 6.01. The zero-order valence-corrected chi connectivity index (χ0v) is 16.2. The second kappa shape index (κ2) is 8.16. The highest BCUT2D eigenvalue weighted by Gasteiger charge is 2.54. The average molecular weight is 427 g/mol. The maximum Gasteiger partial charge on any atom is 0.352 e. The van der Waals surface area contributed by atoms with Gasteiger partial charge < -0.3 is 26.1 Å². The summed E-state index contributed by atoms with van der Waals surface area (Å²) in [6.07, 6.45) is 0. The van der Waals surface area contributed by atoms with Crippen LogP contribution >= 0.6 is 23.1 Å². The van der Waals surface area contributed by atoms with Crippen LogP contribution < -0.4 is 11.1 Å². The average Bonchev–Trinajstić information content (AvgIpc) is 3.10. The Bertz CT molecular complexity index is 882. The van der Waals surface area contributed by atoms with Gasteiger partial charge >= 0.3 is 5.97 Å². The Kier molecular flexibility index (Phi) is 5.86. The smallest absolute Gasteiger partial charge is 0.352 e. The number of fused-ring (bicyclic) bond motifs is 1. The van der Waals surface area contributed by atoms with E-state index in [0.717, 1.165) is 16.2 Å². The molecule has 1 aromatic heterocycles. The molecule has 2 atom stereocenters. The Morgan fingerprint density at radius 2 is 2.29 bits per heavy atom.